The normalized spacial score (nSPS) is 13.5. The number of halogens is 1. The van der Waals surface area contributed by atoms with Crippen molar-refractivity contribution >= 4 is 11.6 Å². The van der Waals surface area contributed by atoms with Crippen LogP contribution in [0, 0.1) is 5.92 Å². The summed E-state index contributed by atoms with van der Waals surface area (Å²) in [4.78, 5) is 0. The number of methoxy groups -OCH3 is 1. The molecule has 0 spiro atoms. The van der Waals surface area contributed by atoms with Crippen LogP contribution in [-0.4, -0.2) is 32.2 Å². The first kappa shape index (κ1) is 14.2. The molecule has 3 heteroatoms. The molecule has 0 saturated heterocycles. The Morgan fingerprint density at radius 2 is 1.93 bits per heavy atom. The van der Waals surface area contributed by atoms with E-state index < -0.39 is 0 Å². The van der Waals surface area contributed by atoms with Gasteiger partial charge in [0, 0.05) is 19.0 Å². The molecule has 14 heavy (non-hydrogen) atoms. The fourth-order valence-corrected chi connectivity index (χ4v) is 1.75. The van der Waals surface area contributed by atoms with Crippen LogP contribution >= 0.6 is 11.6 Å². The van der Waals surface area contributed by atoms with Crippen molar-refractivity contribution in [3.05, 3.63) is 0 Å². The van der Waals surface area contributed by atoms with Gasteiger partial charge < -0.3 is 10.1 Å². The van der Waals surface area contributed by atoms with Crippen molar-refractivity contribution in [1.29, 1.82) is 0 Å². The van der Waals surface area contributed by atoms with Gasteiger partial charge in [-0.3, -0.25) is 0 Å². The fraction of sp³-hybridized carbons (Fsp3) is 1.00. The van der Waals surface area contributed by atoms with E-state index in [0.717, 1.165) is 25.5 Å². The molecule has 0 radical (unpaired) electrons. The van der Waals surface area contributed by atoms with Gasteiger partial charge in [-0.1, -0.05) is 26.7 Å². The summed E-state index contributed by atoms with van der Waals surface area (Å²) < 4.78 is 5.13. The second kappa shape index (κ2) is 9.75. The lowest BCUT2D eigenvalue weighted by atomic mass is 10.0. The molecule has 1 unspecified atom stereocenters. The summed E-state index contributed by atoms with van der Waals surface area (Å²) in [6.07, 6.45) is 3.46. The van der Waals surface area contributed by atoms with Crippen LogP contribution in [0.3, 0.4) is 0 Å². The van der Waals surface area contributed by atoms with Gasteiger partial charge in [0.1, 0.15) is 0 Å². The van der Waals surface area contributed by atoms with Gasteiger partial charge in [0.15, 0.2) is 0 Å². The van der Waals surface area contributed by atoms with Crippen molar-refractivity contribution in [3.63, 3.8) is 0 Å². The molecule has 0 amide bonds. The molecular formula is C11H24ClNO. The molecular weight excluding hydrogens is 198 g/mol. The lowest BCUT2D eigenvalue weighted by molar-refractivity contribution is 0.162. The third kappa shape index (κ3) is 6.63. The van der Waals surface area contributed by atoms with E-state index in [1.54, 1.807) is 7.11 Å². The summed E-state index contributed by atoms with van der Waals surface area (Å²) >= 11 is 5.72. The highest BCUT2D eigenvalue weighted by atomic mass is 35.5. The van der Waals surface area contributed by atoms with Gasteiger partial charge in [-0.05, 0) is 18.9 Å². The maximum Gasteiger partial charge on any atom is 0.0616 e. The van der Waals surface area contributed by atoms with E-state index in [1.807, 2.05) is 0 Å². The molecule has 0 heterocycles. The van der Waals surface area contributed by atoms with E-state index in [4.69, 9.17) is 16.3 Å². The molecule has 0 rings (SSSR count). The molecule has 86 valence electrons. The Morgan fingerprint density at radius 1 is 1.29 bits per heavy atom. The minimum atomic E-state index is 0.415. The number of hydrogen-bond acceptors (Lipinski definition) is 2. The summed E-state index contributed by atoms with van der Waals surface area (Å²) in [5.74, 6) is 1.48. The monoisotopic (exact) mass is 221 g/mol. The van der Waals surface area contributed by atoms with Gasteiger partial charge in [-0.15, -0.1) is 11.6 Å². The number of hydrogen-bond donors (Lipinski definition) is 1. The van der Waals surface area contributed by atoms with Crippen LogP contribution < -0.4 is 5.32 Å². The van der Waals surface area contributed by atoms with E-state index in [1.165, 1.54) is 12.8 Å². The van der Waals surface area contributed by atoms with Crippen molar-refractivity contribution in [1.82, 2.24) is 5.32 Å². The molecule has 0 aromatic heterocycles. The van der Waals surface area contributed by atoms with Crippen LogP contribution in [0.5, 0.6) is 0 Å². The molecule has 2 nitrogen and oxygen atoms in total. The lowest BCUT2D eigenvalue weighted by Gasteiger charge is -2.20. The summed E-state index contributed by atoms with van der Waals surface area (Å²) in [5.41, 5.74) is 0. The van der Waals surface area contributed by atoms with Gasteiger partial charge in [0.25, 0.3) is 0 Å². The van der Waals surface area contributed by atoms with Crippen molar-refractivity contribution in [2.75, 3.05) is 26.1 Å². The maximum absolute atomic E-state index is 5.72. The average molecular weight is 222 g/mol. The smallest absolute Gasteiger partial charge is 0.0616 e. The number of ether oxygens (including phenoxy) is 1. The Balaban J connectivity index is 3.67. The fourth-order valence-electron chi connectivity index (χ4n) is 1.49. The van der Waals surface area contributed by atoms with Crippen molar-refractivity contribution in [2.45, 2.75) is 39.2 Å². The minimum Gasteiger partial charge on any atom is -0.383 e. The van der Waals surface area contributed by atoms with E-state index in [2.05, 4.69) is 19.2 Å². The van der Waals surface area contributed by atoms with Crippen LogP contribution in [0.4, 0.5) is 0 Å². The van der Waals surface area contributed by atoms with Crippen LogP contribution in [0.25, 0.3) is 0 Å². The first-order valence-electron chi connectivity index (χ1n) is 5.56. The Hall–Kier alpha value is 0.210. The molecule has 0 aliphatic carbocycles. The van der Waals surface area contributed by atoms with Crippen molar-refractivity contribution in [2.24, 2.45) is 5.92 Å². The Kier molecular flexibility index (Phi) is 9.90. The third-order valence-electron chi connectivity index (χ3n) is 2.68. The SMILES string of the molecule is CCC(CC)CNC(CCCl)COC. The Labute approximate surface area is 93.4 Å². The highest BCUT2D eigenvalue weighted by molar-refractivity contribution is 6.17. The molecule has 0 fully saturated rings. The van der Waals surface area contributed by atoms with Gasteiger partial charge in [0.05, 0.1) is 6.61 Å². The zero-order valence-corrected chi connectivity index (χ0v) is 10.4. The average Bonchev–Trinajstić information content (AvgIpc) is 2.20. The highest BCUT2D eigenvalue weighted by Crippen LogP contribution is 2.06. The molecule has 1 N–H and O–H groups in total. The van der Waals surface area contributed by atoms with Gasteiger partial charge in [-0.25, -0.2) is 0 Å². The van der Waals surface area contributed by atoms with Gasteiger partial charge in [-0.2, -0.15) is 0 Å². The first-order valence-corrected chi connectivity index (χ1v) is 6.10. The molecule has 0 aromatic rings. The van der Waals surface area contributed by atoms with E-state index in [0.29, 0.717) is 11.9 Å². The summed E-state index contributed by atoms with van der Waals surface area (Å²) in [7, 11) is 1.74. The van der Waals surface area contributed by atoms with Crippen LogP contribution in [0.2, 0.25) is 0 Å². The Bertz CT molecular complexity index is 112. The van der Waals surface area contributed by atoms with E-state index >= 15 is 0 Å². The number of alkyl halides is 1. The van der Waals surface area contributed by atoms with E-state index in [-0.39, 0.29) is 0 Å². The topological polar surface area (TPSA) is 21.3 Å². The second-order valence-corrected chi connectivity index (χ2v) is 4.10. The third-order valence-corrected chi connectivity index (χ3v) is 2.89. The molecule has 0 aliphatic heterocycles. The first-order chi connectivity index (χ1) is 6.78. The standard InChI is InChI=1S/C11H24ClNO/c1-4-10(5-2)8-13-11(6-7-12)9-14-3/h10-11,13H,4-9H2,1-3H3. The predicted molar refractivity (Wildman–Crippen MR) is 63.1 cm³/mol. The zero-order valence-electron chi connectivity index (χ0n) is 9.68. The molecule has 0 bridgehead atoms. The van der Waals surface area contributed by atoms with Crippen molar-refractivity contribution in [3.8, 4) is 0 Å². The van der Waals surface area contributed by atoms with Crippen LogP contribution in [0.1, 0.15) is 33.1 Å². The van der Waals surface area contributed by atoms with Gasteiger partial charge >= 0.3 is 0 Å². The highest BCUT2D eigenvalue weighted by Gasteiger charge is 2.09. The number of rotatable bonds is 9. The summed E-state index contributed by atoms with van der Waals surface area (Å²) in [5, 5.41) is 3.51. The zero-order chi connectivity index (χ0) is 10.8. The summed E-state index contributed by atoms with van der Waals surface area (Å²) in [6, 6.07) is 0.415. The second-order valence-electron chi connectivity index (χ2n) is 3.72. The van der Waals surface area contributed by atoms with Crippen molar-refractivity contribution < 1.29 is 4.74 Å². The van der Waals surface area contributed by atoms with Crippen LogP contribution in [-0.2, 0) is 4.74 Å². The maximum atomic E-state index is 5.72. The molecule has 0 saturated carbocycles. The Morgan fingerprint density at radius 3 is 2.36 bits per heavy atom. The molecule has 0 aromatic carbocycles. The quantitative estimate of drug-likeness (QED) is 0.605. The largest absolute Gasteiger partial charge is 0.383 e. The van der Waals surface area contributed by atoms with Gasteiger partial charge in [0.2, 0.25) is 0 Å². The van der Waals surface area contributed by atoms with Crippen LogP contribution in [0.15, 0.2) is 0 Å². The number of nitrogens with one attached hydrogen (secondary N) is 1. The summed E-state index contributed by atoms with van der Waals surface area (Å²) in [6.45, 7) is 6.32. The molecule has 0 aliphatic rings. The lowest BCUT2D eigenvalue weighted by Crippen LogP contribution is -2.36. The molecule has 1 atom stereocenters. The predicted octanol–water partition coefficient (Wildman–Crippen LogP) is 2.66. The van der Waals surface area contributed by atoms with E-state index in [9.17, 15) is 0 Å². The minimum absolute atomic E-state index is 0.415.